The van der Waals surface area contributed by atoms with E-state index in [4.69, 9.17) is 0 Å². The number of nitrogens with zero attached hydrogens (tertiary/aromatic N) is 4. The molecule has 2 heterocycles. The average molecular weight is 366 g/mol. The van der Waals surface area contributed by atoms with E-state index >= 15 is 0 Å². The van der Waals surface area contributed by atoms with Gasteiger partial charge in [-0.1, -0.05) is 12.1 Å². The lowest BCUT2D eigenvalue weighted by Crippen LogP contribution is -2.09. The number of aromatic nitrogens is 2. The molecule has 0 saturated carbocycles. The maximum absolute atomic E-state index is 4.59. The molecule has 6 heteroatoms. The summed E-state index contributed by atoms with van der Waals surface area (Å²) in [5, 5.41) is 5.74. The van der Waals surface area contributed by atoms with Crippen molar-refractivity contribution in [1.29, 1.82) is 0 Å². The SMILES string of the molecule is C/C(=N\Nc1ncnc2sc3c(c12)CCCC3)c1ccc(N(C)C)cc1. The Hall–Kier alpha value is -2.47. The fourth-order valence-electron chi connectivity index (χ4n) is 3.38. The zero-order valence-electron chi connectivity index (χ0n) is 15.4. The number of rotatable bonds is 4. The summed E-state index contributed by atoms with van der Waals surface area (Å²) in [6.45, 7) is 2.01. The molecule has 2 aromatic heterocycles. The van der Waals surface area contributed by atoms with E-state index in [0.29, 0.717) is 0 Å². The van der Waals surface area contributed by atoms with Crippen LogP contribution in [0, 0.1) is 0 Å². The van der Waals surface area contributed by atoms with Gasteiger partial charge in [-0.25, -0.2) is 9.97 Å². The van der Waals surface area contributed by atoms with Crippen LogP contribution in [-0.4, -0.2) is 29.8 Å². The molecule has 1 aromatic carbocycles. The summed E-state index contributed by atoms with van der Waals surface area (Å²) >= 11 is 1.80. The summed E-state index contributed by atoms with van der Waals surface area (Å²) in [5.74, 6) is 0.818. The number of hydrogen-bond donors (Lipinski definition) is 1. The highest BCUT2D eigenvalue weighted by Gasteiger charge is 2.19. The lowest BCUT2D eigenvalue weighted by molar-refractivity contribution is 0.700. The van der Waals surface area contributed by atoms with Gasteiger partial charge in [0.2, 0.25) is 0 Å². The van der Waals surface area contributed by atoms with Gasteiger partial charge < -0.3 is 4.90 Å². The Morgan fingerprint density at radius 3 is 2.65 bits per heavy atom. The fraction of sp³-hybridized carbons (Fsp3) is 0.350. The van der Waals surface area contributed by atoms with E-state index in [1.807, 2.05) is 21.0 Å². The third kappa shape index (κ3) is 3.17. The lowest BCUT2D eigenvalue weighted by Gasteiger charge is -2.13. The number of aryl methyl sites for hydroxylation is 2. The molecule has 0 amide bonds. The molecule has 0 unspecified atom stereocenters. The molecular formula is C20H23N5S. The van der Waals surface area contributed by atoms with Crippen LogP contribution in [-0.2, 0) is 12.8 Å². The zero-order valence-corrected chi connectivity index (χ0v) is 16.2. The maximum Gasteiger partial charge on any atom is 0.158 e. The van der Waals surface area contributed by atoms with E-state index < -0.39 is 0 Å². The average Bonchev–Trinajstić information content (AvgIpc) is 3.05. The molecule has 5 nitrogen and oxygen atoms in total. The molecule has 0 atom stereocenters. The molecule has 0 aliphatic heterocycles. The Balaban J connectivity index is 1.62. The molecule has 134 valence electrons. The van der Waals surface area contributed by atoms with Gasteiger partial charge in [-0.15, -0.1) is 11.3 Å². The first-order valence-electron chi connectivity index (χ1n) is 8.97. The van der Waals surface area contributed by atoms with Crippen molar-refractivity contribution in [3.8, 4) is 0 Å². The van der Waals surface area contributed by atoms with Crippen LogP contribution in [0.25, 0.3) is 10.2 Å². The van der Waals surface area contributed by atoms with Crippen LogP contribution in [0.5, 0.6) is 0 Å². The third-order valence-corrected chi connectivity index (χ3v) is 6.08. The van der Waals surface area contributed by atoms with Crippen molar-refractivity contribution in [1.82, 2.24) is 9.97 Å². The Labute approximate surface area is 157 Å². The standard InChI is InChI=1S/C20H23N5S/c1-13(14-8-10-15(11-9-14)25(2)3)23-24-19-18-16-6-4-5-7-17(16)26-20(18)22-12-21-19/h8-12H,4-7H2,1-3H3,(H,21,22,24)/b23-13+. The van der Waals surface area contributed by atoms with E-state index in [2.05, 4.69) is 49.7 Å². The number of benzene rings is 1. The van der Waals surface area contributed by atoms with Crippen LogP contribution in [0.15, 0.2) is 35.7 Å². The minimum absolute atomic E-state index is 0.818. The second kappa shape index (κ2) is 7.03. The highest BCUT2D eigenvalue weighted by atomic mass is 32.1. The van der Waals surface area contributed by atoms with Gasteiger partial charge in [-0.3, -0.25) is 5.43 Å². The molecule has 0 spiro atoms. The molecule has 4 rings (SSSR count). The van der Waals surface area contributed by atoms with E-state index in [1.165, 1.54) is 29.0 Å². The molecule has 26 heavy (non-hydrogen) atoms. The quantitative estimate of drug-likeness (QED) is 0.547. The molecule has 3 aromatic rings. The molecule has 1 aliphatic rings. The Bertz CT molecular complexity index is 956. The van der Waals surface area contributed by atoms with Crippen molar-refractivity contribution < 1.29 is 0 Å². The number of anilines is 2. The van der Waals surface area contributed by atoms with Gasteiger partial charge in [0.05, 0.1) is 11.1 Å². The summed E-state index contributed by atoms with van der Waals surface area (Å²) in [5.41, 5.74) is 7.82. The van der Waals surface area contributed by atoms with Crippen LogP contribution < -0.4 is 10.3 Å². The van der Waals surface area contributed by atoms with E-state index in [0.717, 1.165) is 40.2 Å². The van der Waals surface area contributed by atoms with Crippen molar-refractivity contribution in [2.24, 2.45) is 5.10 Å². The smallest absolute Gasteiger partial charge is 0.158 e. The van der Waals surface area contributed by atoms with Crippen molar-refractivity contribution in [3.63, 3.8) is 0 Å². The van der Waals surface area contributed by atoms with Crippen LogP contribution in [0.3, 0.4) is 0 Å². The number of thiophene rings is 1. The van der Waals surface area contributed by atoms with Crippen LogP contribution >= 0.6 is 11.3 Å². The summed E-state index contributed by atoms with van der Waals surface area (Å²) in [4.78, 5) is 13.6. The van der Waals surface area contributed by atoms with Gasteiger partial charge in [0, 0.05) is 24.7 Å². The summed E-state index contributed by atoms with van der Waals surface area (Å²) in [6.07, 6.45) is 6.43. The number of nitrogens with one attached hydrogen (secondary N) is 1. The van der Waals surface area contributed by atoms with Crippen molar-refractivity contribution in [3.05, 3.63) is 46.6 Å². The van der Waals surface area contributed by atoms with Crippen molar-refractivity contribution in [2.75, 3.05) is 24.4 Å². The second-order valence-corrected chi connectivity index (χ2v) is 7.95. The monoisotopic (exact) mass is 365 g/mol. The van der Waals surface area contributed by atoms with Gasteiger partial charge in [-0.05, 0) is 55.9 Å². The molecular weight excluding hydrogens is 342 g/mol. The second-order valence-electron chi connectivity index (χ2n) is 6.86. The maximum atomic E-state index is 4.59. The fourth-order valence-corrected chi connectivity index (χ4v) is 4.61. The van der Waals surface area contributed by atoms with Gasteiger partial charge >= 0.3 is 0 Å². The van der Waals surface area contributed by atoms with Crippen molar-refractivity contribution >= 4 is 38.8 Å². The molecule has 0 saturated heterocycles. The molecule has 0 fully saturated rings. The first-order chi connectivity index (χ1) is 12.6. The highest BCUT2D eigenvalue weighted by Crippen LogP contribution is 2.38. The number of fused-ring (bicyclic) bond motifs is 3. The minimum Gasteiger partial charge on any atom is -0.378 e. The van der Waals surface area contributed by atoms with Crippen LogP contribution in [0.1, 0.15) is 35.8 Å². The van der Waals surface area contributed by atoms with Crippen molar-refractivity contribution in [2.45, 2.75) is 32.6 Å². The summed E-state index contributed by atoms with van der Waals surface area (Å²) < 4.78 is 0. The van der Waals surface area contributed by atoms with Crippen LogP contribution in [0.2, 0.25) is 0 Å². The zero-order chi connectivity index (χ0) is 18.1. The molecule has 1 N–H and O–H groups in total. The predicted molar refractivity (Wildman–Crippen MR) is 111 cm³/mol. The largest absolute Gasteiger partial charge is 0.378 e. The first kappa shape index (κ1) is 17.0. The summed E-state index contributed by atoms with van der Waals surface area (Å²) in [6, 6.07) is 8.40. The normalized spacial score (nSPS) is 14.3. The van der Waals surface area contributed by atoms with E-state index in [1.54, 1.807) is 17.7 Å². The minimum atomic E-state index is 0.818. The van der Waals surface area contributed by atoms with E-state index in [-0.39, 0.29) is 0 Å². The topological polar surface area (TPSA) is 53.4 Å². The highest BCUT2D eigenvalue weighted by molar-refractivity contribution is 7.19. The Kier molecular flexibility index (Phi) is 4.59. The van der Waals surface area contributed by atoms with Gasteiger partial charge in [0.1, 0.15) is 11.2 Å². The lowest BCUT2D eigenvalue weighted by atomic mass is 9.97. The van der Waals surface area contributed by atoms with Gasteiger partial charge in [0.25, 0.3) is 0 Å². The Morgan fingerprint density at radius 2 is 1.88 bits per heavy atom. The van der Waals surface area contributed by atoms with Crippen LogP contribution in [0.4, 0.5) is 11.5 Å². The van der Waals surface area contributed by atoms with Gasteiger partial charge in [-0.2, -0.15) is 5.10 Å². The predicted octanol–water partition coefficient (Wildman–Crippen LogP) is 4.47. The van der Waals surface area contributed by atoms with E-state index in [9.17, 15) is 0 Å². The molecule has 0 radical (unpaired) electrons. The Morgan fingerprint density at radius 1 is 1.12 bits per heavy atom. The first-order valence-corrected chi connectivity index (χ1v) is 9.78. The summed E-state index contributed by atoms with van der Waals surface area (Å²) in [7, 11) is 4.08. The number of hydrogen-bond acceptors (Lipinski definition) is 6. The number of hydrazone groups is 1. The third-order valence-electron chi connectivity index (χ3n) is 4.88. The van der Waals surface area contributed by atoms with Gasteiger partial charge in [0.15, 0.2) is 5.82 Å². The molecule has 1 aliphatic carbocycles. The molecule has 0 bridgehead atoms.